The van der Waals surface area contributed by atoms with Gasteiger partial charge < -0.3 is 10.1 Å². The molecule has 0 fully saturated rings. The molecule has 1 rings (SSSR count). The van der Waals surface area contributed by atoms with Gasteiger partial charge in [0.15, 0.2) is 9.84 Å². The van der Waals surface area contributed by atoms with Crippen molar-refractivity contribution >= 4 is 15.7 Å². The maximum atomic E-state index is 11.6. The highest BCUT2D eigenvalue weighted by atomic mass is 32.2. The molecule has 1 aromatic rings. The molecule has 0 aromatic carbocycles. The van der Waals surface area contributed by atoms with Gasteiger partial charge in [0.05, 0.1) is 12.3 Å². The summed E-state index contributed by atoms with van der Waals surface area (Å²) in [5.74, 6) is 0.935. The third-order valence-electron chi connectivity index (χ3n) is 2.65. The first-order valence-corrected chi connectivity index (χ1v) is 8.13. The molecule has 0 saturated heterocycles. The Morgan fingerprint density at radius 3 is 2.63 bits per heavy atom. The molecule has 0 bridgehead atoms. The van der Waals surface area contributed by atoms with Crippen molar-refractivity contribution in [2.75, 3.05) is 25.2 Å². The first-order chi connectivity index (χ1) is 8.88. The van der Waals surface area contributed by atoms with Crippen molar-refractivity contribution < 1.29 is 13.2 Å². The lowest BCUT2D eigenvalue weighted by atomic mass is 10.3. The van der Waals surface area contributed by atoms with E-state index in [-0.39, 0.29) is 0 Å². The van der Waals surface area contributed by atoms with E-state index in [4.69, 9.17) is 4.74 Å². The molecule has 1 heterocycles. The Morgan fingerprint density at radius 1 is 1.42 bits per heavy atom. The van der Waals surface area contributed by atoms with Crippen LogP contribution in [0.25, 0.3) is 0 Å². The van der Waals surface area contributed by atoms with Crippen molar-refractivity contribution in [3.63, 3.8) is 0 Å². The number of hydrogen-bond acceptors (Lipinski definition) is 6. The summed E-state index contributed by atoms with van der Waals surface area (Å²) in [6.45, 7) is 4.73. The average Bonchev–Trinajstić information content (AvgIpc) is 2.34. The lowest BCUT2D eigenvalue weighted by molar-refractivity contribution is 0.181. The van der Waals surface area contributed by atoms with Gasteiger partial charge in [0.1, 0.15) is 16.9 Å². The van der Waals surface area contributed by atoms with Crippen LogP contribution >= 0.6 is 0 Å². The van der Waals surface area contributed by atoms with E-state index in [0.717, 1.165) is 13.0 Å². The molecule has 0 amide bonds. The van der Waals surface area contributed by atoms with Gasteiger partial charge >= 0.3 is 0 Å². The van der Waals surface area contributed by atoms with Crippen molar-refractivity contribution in [3.05, 3.63) is 17.6 Å². The van der Waals surface area contributed by atoms with E-state index in [1.165, 1.54) is 6.26 Å². The Balaban J connectivity index is 3.12. The van der Waals surface area contributed by atoms with E-state index in [9.17, 15) is 8.42 Å². The quantitative estimate of drug-likeness (QED) is 0.819. The Bertz CT molecular complexity index is 517. The van der Waals surface area contributed by atoms with Crippen molar-refractivity contribution in [2.24, 2.45) is 0 Å². The average molecular weight is 287 g/mol. The van der Waals surface area contributed by atoms with Crippen LogP contribution in [0.5, 0.6) is 0 Å². The second-order valence-corrected chi connectivity index (χ2v) is 6.80. The smallest absolute Gasteiger partial charge is 0.157 e. The predicted molar refractivity (Wildman–Crippen MR) is 74.8 cm³/mol. The molecule has 1 aromatic heterocycles. The number of sulfone groups is 1. The molecule has 6 nitrogen and oxygen atoms in total. The highest BCUT2D eigenvalue weighted by Gasteiger charge is 2.21. The Kier molecular flexibility index (Phi) is 5.68. The molecular weight excluding hydrogens is 266 g/mol. The summed E-state index contributed by atoms with van der Waals surface area (Å²) in [6.07, 6.45) is 2.14. The fourth-order valence-corrected chi connectivity index (χ4v) is 1.95. The highest BCUT2D eigenvalue weighted by molar-refractivity contribution is 7.90. The van der Waals surface area contributed by atoms with E-state index in [2.05, 4.69) is 15.3 Å². The van der Waals surface area contributed by atoms with Crippen molar-refractivity contribution in [1.82, 2.24) is 9.97 Å². The molecule has 0 aliphatic heterocycles. The van der Waals surface area contributed by atoms with Gasteiger partial charge in [-0.15, -0.1) is 0 Å². The van der Waals surface area contributed by atoms with Gasteiger partial charge in [-0.1, -0.05) is 6.92 Å². The zero-order valence-corrected chi connectivity index (χ0v) is 12.6. The molecule has 0 saturated carbocycles. The number of rotatable bonds is 7. The van der Waals surface area contributed by atoms with Gasteiger partial charge in [-0.3, -0.25) is 0 Å². The normalized spacial score (nSPS) is 13.3. The van der Waals surface area contributed by atoms with Crippen molar-refractivity contribution in [1.29, 1.82) is 0 Å². The summed E-state index contributed by atoms with van der Waals surface area (Å²) >= 11 is 0. The third kappa shape index (κ3) is 4.76. The Morgan fingerprint density at radius 2 is 2.11 bits per heavy atom. The molecule has 0 aliphatic carbocycles. The first kappa shape index (κ1) is 15.8. The summed E-state index contributed by atoms with van der Waals surface area (Å²) in [6, 6.07) is 1.78. The van der Waals surface area contributed by atoms with Gasteiger partial charge in [-0.05, 0) is 13.3 Å². The van der Waals surface area contributed by atoms with E-state index in [1.54, 1.807) is 20.1 Å². The minimum atomic E-state index is -3.22. The number of ether oxygens (including phenoxy) is 1. The minimum absolute atomic E-state index is 0.302. The number of aromatic nitrogens is 2. The van der Waals surface area contributed by atoms with E-state index < -0.39 is 15.1 Å². The number of anilines is 1. The minimum Gasteiger partial charge on any atom is -0.378 e. The molecular formula is C12H21N3O3S. The lowest BCUT2D eigenvalue weighted by Gasteiger charge is -2.12. The maximum absolute atomic E-state index is 11.6. The summed E-state index contributed by atoms with van der Waals surface area (Å²) < 4.78 is 28.2. The summed E-state index contributed by atoms with van der Waals surface area (Å²) in [5, 5.41) is 2.41. The molecule has 19 heavy (non-hydrogen) atoms. The van der Waals surface area contributed by atoms with Crippen LogP contribution in [0.4, 0.5) is 5.82 Å². The zero-order valence-electron chi connectivity index (χ0n) is 11.8. The highest BCUT2D eigenvalue weighted by Crippen LogP contribution is 2.19. The van der Waals surface area contributed by atoms with Crippen LogP contribution in [0, 0.1) is 0 Å². The third-order valence-corrected chi connectivity index (χ3v) is 4.15. The number of nitrogens with one attached hydrogen (secondary N) is 1. The molecule has 1 atom stereocenters. The molecule has 0 spiro atoms. The maximum Gasteiger partial charge on any atom is 0.157 e. The van der Waals surface area contributed by atoms with Crippen LogP contribution in [0.15, 0.2) is 6.07 Å². The molecule has 0 aliphatic rings. The first-order valence-electron chi connectivity index (χ1n) is 6.18. The monoisotopic (exact) mass is 287 g/mol. The standard InChI is InChI=1S/C12H21N3O3S/c1-5-6-13-11-7-10(8-18-3)14-12(15-11)9(2)19(4,16)17/h7,9H,5-6,8H2,1-4H3,(H,13,14,15). The fraction of sp³-hybridized carbons (Fsp3) is 0.667. The Hall–Kier alpha value is -1.21. The topological polar surface area (TPSA) is 81.2 Å². The molecule has 7 heteroatoms. The zero-order chi connectivity index (χ0) is 14.5. The summed E-state index contributed by atoms with van der Waals surface area (Å²) in [5.41, 5.74) is 0.668. The van der Waals surface area contributed by atoms with Crippen molar-refractivity contribution in [3.8, 4) is 0 Å². The summed E-state index contributed by atoms with van der Waals surface area (Å²) in [4.78, 5) is 8.50. The lowest BCUT2D eigenvalue weighted by Crippen LogP contribution is -2.14. The second-order valence-electron chi connectivity index (χ2n) is 4.43. The van der Waals surface area contributed by atoms with Gasteiger partial charge in [0.25, 0.3) is 0 Å². The number of nitrogens with zero attached hydrogens (tertiary/aromatic N) is 2. The van der Waals surface area contributed by atoms with Gasteiger partial charge in [-0.25, -0.2) is 18.4 Å². The van der Waals surface area contributed by atoms with E-state index >= 15 is 0 Å². The van der Waals surface area contributed by atoms with Crippen LogP contribution in [0.2, 0.25) is 0 Å². The van der Waals surface area contributed by atoms with Crippen LogP contribution in [0.3, 0.4) is 0 Å². The summed E-state index contributed by atoms with van der Waals surface area (Å²) in [7, 11) is -1.65. The molecule has 108 valence electrons. The SMILES string of the molecule is CCCNc1cc(COC)nc(C(C)S(C)(=O)=O)n1. The van der Waals surface area contributed by atoms with Crippen LogP contribution in [0.1, 0.15) is 37.0 Å². The van der Waals surface area contributed by atoms with E-state index in [0.29, 0.717) is 23.9 Å². The number of methoxy groups -OCH3 is 1. The molecule has 0 radical (unpaired) electrons. The second kappa shape index (κ2) is 6.81. The van der Waals surface area contributed by atoms with Gasteiger partial charge in [-0.2, -0.15) is 0 Å². The van der Waals surface area contributed by atoms with E-state index in [1.807, 2.05) is 6.92 Å². The predicted octanol–water partition coefficient (Wildman–Crippen LogP) is 1.55. The van der Waals surface area contributed by atoms with Crippen LogP contribution in [-0.4, -0.2) is 38.3 Å². The molecule has 1 N–H and O–H groups in total. The van der Waals surface area contributed by atoms with Crippen LogP contribution in [-0.2, 0) is 21.2 Å². The van der Waals surface area contributed by atoms with Gasteiger partial charge in [0, 0.05) is 26.0 Å². The fourth-order valence-electron chi connectivity index (χ4n) is 1.46. The Labute approximate surface area is 114 Å². The largest absolute Gasteiger partial charge is 0.378 e. The van der Waals surface area contributed by atoms with Crippen LogP contribution < -0.4 is 5.32 Å². The van der Waals surface area contributed by atoms with Gasteiger partial charge in [0.2, 0.25) is 0 Å². The number of hydrogen-bond donors (Lipinski definition) is 1. The molecule has 1 unspecified atom stereocenters. The van der Waals surface area contributed by atoms with Crippen molar-refractivity contribution in [2.45, 2.75) is 32.1 Å².